The van der Waals surface area contributed by atoms with Gasteiger partial charge in [-0.05, 0) is 25.2 Å². The molecule has 2 N–H and O–H groups in total. The highest BCUT2D eigenvalue weighted by Gasteiger charge is 2.24. The molecule has 2 amide bonds. The number of aliphatic carboxylic acids is 1. The summed E-state index contributed by atoms with van der Waals surface area (Å²) in [6, 6.07) is -1.16. The number of nitrogens with one attached hydrogen (secondary N) is 1. The van der Waals surface area contributed by atoms with Crippen molar-refractivity contribution in [1.82, 2.24) is 10.2 Å². The fourth-order valence-electron chi connectivity index (χ4n) is 1.84. The molecule has 96 valence electrons. The number of hydrogen-bond donors (Lipinski definition) is 2. The quantitative estimate of drug-likeness (QED) is 0.731. The minimum Gasteiger partial charge on any atom is -0.480 e. The first-order chi connectivity index (χ1) is 8.04. The van der Waals surface area contributed by atoms with Gasteiger partial charge >= 0.3 is 12.0 Å². The Labute approximate surface area is 101 Å². The number of rotatable bonds is 4. The molecule has 1 fully saturated rings. The van der Waals surface area contributed by atoms with E-state index in [4.69, 9.17) is 5.11 Å². The van der Waals surface area contributed by atoms with E-state index >= 15 is 0 Å². The summed E-state index contributed by atoms with van der Waals surface area (Å²) in [5.74, 6) is -0.383. The van der Waals surface area contributed by atoms with Crippen molar-refractivity contribution in [3.63, 3.8) is 0 Å². The lowest BCUT2D eigenvalue weighted by Gasteiger charge is -2.31. The molecule has 0 radical (unpaired) electrons. The second-order valence-electron chi connectivity index (χ2n) is 4.53. The van der Waals surface area contributed by atoms with Crippen LogP contribution in [0.15, 0.2) is 12.7 Å². The predicted octanol–water partition coefficient (Wildman–Crippen LogP) is 1.46. The number of carbonyl (C=O) groups excluding carboxylic acids is 1. The zero-order valence-electron chi connectivity index (χ0n) is 10.2. The van der Waals surface area contributed by atoms with Crippen LogP contribution in [0.25, 0.3) is 0 Å². The number of nitrogens with zero attached hydrogens (tertiary/aromatic N) is 1. The Morgan fingerprint density at radius 1 is 1.53 bits per heavy atom. The number of piperidine rings is 1. The summed E-state index contributed by atoms with van der Waals surface area (Å²) >= 11 is 0. The first kappa shape index (κ1) is 13.5. The van der Waals surface area contributed by atoms with E-state index in [2.05, 4.69) is 18.8 Å². The summed E-state index contributed by atoms with van der Waals surface area (Å²) < 4.78 is 0. The van der Waals surface area contributed by atoms with Crippen LogP contribution in [-0.4, -0.2) is 41.1 Å². The average molecular weight is 240 g/mol. The minimum atomic E-state index is -1.02. The third kappa shape index (κ3) is 4.09. The fraction of sp³-hybridized carbons (Fsp3) is 0.667. The molecule has 0 aromatic rings. The molecule has 1 aliphatic heterocycles. The molecule has 0 aliphatic carbocycles. The molecule has 1 unspecified atom stereocenters. The lowest BCUT2D eigenvalue weighted by atomic mass is 10.00. The summed E-state index contributed by atoms with van der Waals surface area (Å²) in [6.45, 7) is 7.05. The first-order valence-corrected chi connectivity index (χ1v) is 5.93. The monoisotopic (exact) mass is 240 g/mol. The van der Waals surface area contributed by atoms with Gasteiger partial charge in [0, 0.05) is 13.1 Å². The van der Waals surface area contributed by atoms with Gasteiger partial charge in [-0.3, -0.25) is 0 Å². The van der Waals surface area contributed by atoms with Gasteiger partial charge in [0.05, 0.1) is 0 Å². The maximum atomic E-state index is 11.8. The molecule has 0 saturated carbocycles. The Morgan fingerprint density at radius 3 is 2.59 bits per heavy atom. The van der Waals surface area contributed by atoms with Gasteiger partial charge in [-0.1, -0.05) is 13.0 Å². The molecule has 1 heterocycles. The van der Waals surface area contributed by atoms with Crippen LogP contribution in [0.5, 0.6) is 0 Å². The fourth-order valence-corrected chi connectivity index (χ4v) is 1.84. The second-order valence-corrected chi connectivity index (χ2v) is 4.53. The van der Waals surface area contributed by atoms with Crippen LogP contribution in [0, 0.1) is 5.92 Å². The first-order valence-electron chi connectivity index (χ1n) is 5.93. The maximum Gasteiger partial charge on any atom is 0.326 e. The van der Waals surface area contributed by atoms with Crippen molar-refractivity contribution >= 4 is 12.0 Å². The van der Waals surface area contributed by atoms with Gasteiger partial charge in [0.2, 0.25) is 0 Å². The molecule has 5 nitrogen and oxygen atoms in total. The lowest BCUT2D eigenvalue weighted by molar-refractivity contribution is -0.139. The smallest absolute Gasteiger partial charge is 0.326 e. The van der Waals surface area contributed by atoms with Crippen molar-refractivity contribution in [3.05, 3.63) is 12.7 Å². The van der Waals surface area contributed by atoms with E-state index in [1.165, 1.54) is 6.08 Å². The Kier molecular flexibility index (Phi) is 5.00. The van der Waals surface area contributed by atoms with E-state index in [1.54, 1.807) is 4.90 Å². The Hall–Kier alpha value is -1.52. The molecule has 1 atom stereocenters. The molecule has 0 bridgehead atoms. The van der Waals surface area contributed by atoms with Crippen LogP contribution in [-0.2, 0) is 4.79 Å². The van der Waals surface area contributed by atoms with Gasteiger partial charge in [-0.2, -0.15) is 0 Å². The number of amides is 2. The zero-order valence-corrected chi connectivity index (χ0v) is 10.2. The van der Waals surface area contributed by atoms with Crippen LogP contribution < -0.4 is 5.32 Å². The molecule has 0 aromatic carbocycles. The normalized spacial score (nSPS) is 18.5. The second kappa shape index (κ2) is 6.27. The summed E-state index contributed by atoms with van der Waals surface area (Å²) in [4.78, 5) is 24.4. The van der Waals surface area contributed by atoms with Gasteiger partial charge < -0.3 is 15.3 Å². The summed E-state index contributed by atoms with van der Waals surface area (Å²) in [5, 5.41) is 11.4. The Morgan fingerprint density at radius 2 is 2.12 bits per heavy atom. The molecular formula is C12H20N2O3. The van der Waals surface area contributed by atoms with E-state index in [0.717, 1.165) is 12.8 Å². The van der Waals surface area contributed by atoms with Gasteiger partial charge in [-0.15, -0.1) is 6.58 Å². The van der Waals surface area contributed by atoms with E-state index in [1.807, 2.05) is 0 Å². The van der Waals surface area contributed by atoms with Crippen molar-refractivity contribution < 1.29 is 14.7 Å². The van der Waals surface area contributed by atoms with E-state index in [9.17, 15) is 9.59 Å². The Bertz CT molecular complexity index is 296. The largest absolute Gasteiger partial charge is 0.480 e. The molecule has 1 aliphatic rings. The van der Waals surface area contributed by atoms with Gasteiger partial charge in [0.25, 0.3) is 0 Å². The van der Waals surface area contributed by atoms with Gasteiger partial charge in [0.1, 0.15) is 6.04 Å². The van der Waals surface area contributed by atoms with E-state index in [0.29, 0.717) is 19.0 Å². The summed E-state index contributed by atoms with van der Waals surface area (Å²) in [5.41, 5.74) is 0. The summed E-state index contributed by atoms with van der Waals surface area (Å²) in [6.07, 6.45) is 3.70. The highest BCUT2D eigenvalue weighted by molar-refractivity contribution is 5.82. The van der Waals surface area contributed by atoms with E-state index < -0.39 is 12.0 Å². The SMILES string of the molecule is C=CCC(NC(=O)N1CCC(C)CC1)C(=O)O. The van der Waals surface area contributed by atoms with Crippen molar-refractivity contribution in [2.24, 2.45) is 5.92 Å². The molecule has 1 saturated heterocycles. The van der Waals surface area contributed by atoms with Crippen LogP contribution in [0.2, 0.25) is 0 Å². The van der Waals surface area contributed by atoms with Crippen molar-refractivity contribution in [3.8, 4) is 0 Å². The number of hydrogen-bond acceptors (Lipinski definition) is 2. The van der Waals surface area contributed by atoms with Crippen molar-refractivity contribution in [2.45, 2.75) is 32.2 Å². The molecule has 0 aromatic heterocycles. The zero-order chi connectivity index (χ0) is 12.8. The molecular weight excluding hydrogens is 220 g/mol. The lowest BCUT2D eigenvalue weighted by Crippen LogP contribution is -2.49. The van der Waals surface area contributed by atoms with Crippen LogP contribution in [0.1, 0.15) is 26.2 Å². The highest BCUT2D eigenvalue weighted by atomic mass is 16.4. The average Bonchev–Trinajstić information content (AvgIpc) is 2.29. The number of carboxylic acid groups (broad SMARTS) is 1. The summed E-state index contributed by atoms with van der Waals surface area (Å²) in [7, 11) is 0. The standard InChI is InChI=1S/C12H20N2O3/c1-3-4-10(11(15)16)13-12(17)14-7-5-9(2)6-8-14/h3,9-10H,1,4-8H2,2H3,(H,13,17)(H,15,16). The molecule has 5 heteroatoms. The van der Waals surface area contributed by atoms with Gasteiger partial charge in [-0.25, -0.2) is 9.59 Å². The minimum absolute atomic E-state index is 0.241. The molecule has 1 rings (SSSR count). The topological polar surface area (TPSA) is 69.6 Å². The predicted molar refractivity (Wildman–Crippen MR) is 64.7 cm³/mol. The third-order valence-corrected chi connectivity index (χ3v) is 3.07. The van der Waals surface area contributed by atoms with Gasteiger partial charge in [0.15, 0.2) is 0 Å². The van der Waals surface area contributed by atoms with Crippen LogP contribution >= 0.6 is 0 Å². The van der Waals surface area contributed by atoms with Crippen molar-refractivity contribution in [1.29, 1.82) is 0 Å². The van der Waals surface area contributed by atoms with Crippen LogP contribution in [0.3, 0.4) is 0 Å². The molecule has 0 spiro atoms. The number of carboxylic acids is 1. The number of likely N-dealkylation sites (tertiary alicyclic amines) is 1. The number of urea groups is 1. The van der Waals surface area contributed by atoms with E-state index in [-0.39, 0.29) is 12.5 Å². The Balaban J connectivity index is 2.46. The third-order valence-electron chi connectivity index (χ3n) is 3.07. The van der Waals surface area contributed by atoms with Crippen molar-refractivity contribution in [2.75, 3.05) is 13.1 Å². The number of carbonyl (C=O) groups is 2. The molecule has 17 heavy (non-hydrogen) atoms. The van der Waals surface area contributed by atoms with Crippen LogP contribution in [0.4, 0.5) is 4.79 Å². The maximum absolute atomic E-state index is 11.8. The highest BCUT2D eigenvalue weighted by Crippen LogP contribution is 2.15.